The molecule has 2 rings (SSSR count). The number of nitrogens with zero attached hydrogens (tertiary/aromatic N) is 2. The molecule has 1 unspecified atom stereocenters. The highest BCUT2D eigenvalue weighted by molar-refractivity contribution is 7.09. The molecule has 0 fully saturated rings. The maximum atomic E-state index is 12.6. The maximum absolute atomic E-state index is 12.6. The number of carbonyl (C=O) groups excluding carboxylic acids is 1. The molecule has 0 aromatic carbocycles. The number of aryl methyl sites for hydroxylation is 1. The number of carbonyl (C=O) groups is 2. The lowest BCUT2D eigenvalue weighted by molar-refractivity contribution is -0.140. The van der Waals surface area contributed by atoms with Gasteiger partial charge in [0.15, 0.2) is 5.69 Å². The van der Waals surface area contributed by atoms with Gasteiger partial charge in [0, 0.05) is 5.38 Å². The van der Waals surface area contributed by atoms with Crippen molar-refractivity contribution in [1.82, 2.24) is 15.3 Å². The summed E-state index contributed by atoms with van der Waals surface area (Å²) in [4.78, 5) is 30.7. The van der Waals surface area contributed by atoms with Crippen molar-refractivity contribution < 1.29 is 27.9 Å². The summed E-state index contributed by atoms with van der Waals surface area (Å²) in [6, 6.07) is 1.81. The molecule has 25 heavy (non-hydrogen) atoms. The van der Waals surface area contributed by atoms with Crippen molar-refractivity contribution in [3.63, 3.8) is 0 Å². The molecular weight excluding hydrogens is 359 g/mol. The van der Waals surface area contributed by atoms with E-state index in [1.807, 2.05) is 0 Å². The van der Waals surface area contributed by atoms with E-state index in [4.69, 9.17) is 5.11 Å². The van der Waals surface area contributed by atoms with Gasteiger partial charge in [-0.25, -0.2) is 14.8 Å². The third-order valence-corrected chi connectivity index (χ3v) is 4.33. The number of amides is 1. The molecule has 1 amide bonds. The van der Waals surface area contributed by atoms with Crippen LogP contribution in [0.5, 0.6) is 0 Å². The van der Waals surface area contributed by atoms with Gasteiger partial charge in [-0.05, 0) is 25.5 Å². The lowest BCUT2D eigenvalue weighted by Gasteiger charge is -2.14. The van der Waals surface area contributed by atoms with E-state index < -0.39 is 29.8 Å². The molecule has 0 saturated heterocycles. The molecule has 2 aromatic heterocycles. The lowest BCUT2D eigenvalue weighted by Crippen LogP contribution is -2.29. The highest BCUT2D eigenvalue weighted by Crippen LogP contribution is 2.32. The van der Waals surface area contributed by atoms with Gasteiger partial charge in [-0.1, -0.05) is 6.92 Å². The van der Waals surface area contributed by atoms with Gasteiger partial charge in [-0.3, -0.25) is 4.79 Å². The van der Waals surface area contributed by atoms with E-state index in [-0.39, 0.29) is 22.0 Å². The Morgan fingerprint density at radius 1 is 1.32 bits per heavy atom. The Balaban J connectivity index is 2.18. The Morgan fingerprint density at radius 3 is 2.48 bits per heavy atom. The average Bonchev–Trinajstić information content (AvgIpc) is 3.01. The number of aromatic nitrogens is 2. The highest BCUT2D eigenvalue weighted by Gasteiger charge is 2.34. The van der Waals surface area contributed by atoms with Gasteiger partial charge in [0.2, 0.25) is 0 Å². The maximum Gasteiger partial charge on any atom is 0.434 e. The Morgan fingerprint density at radius 2 is 2.00 bits per heavy atom. The Bertz CT molecular complexity index is 805. The standard InChI is InChI=1S/C15H14F3N3O3S/c1-3-9(13-21-11(6-25-13)15(16,17)18)20-12(22)10-5-4-8(14(23)24)7(2)19-10/h4-6,9H,3H2,1-2H3,(H,20,22)(H,23,24). The monoisotopic (exact) mass is 373 g/mol. The van der Waals surface area contributed by atoms with E-state index in [0.717, 1.165) is 16.7 Å². The third kappa shape index (κ3) is 4.32. The van der Waals surface area contributed by atoms with Gasteiger partial charge in [0.1, 0.15) is 10.7 Å². The zero-order chi connectivity index (χ0) is 18.8. The summed E-state index contributed by atoms with van der Waals surface area (Å²) < 4.78 is 37.9. The first-order valence-corrected chi connectivity index (χ1v) is 8.05. The molecule has 0 aliphatic rings. The predicted molar refractivity (Wildman–Crippen MR) is 83.5 cm³/mol. The van der Waals surface area contributed by atoms with Crippen molar-refractivity contribution in [2.24, 2.45) is 0 Å². The minimum absolute atomic E-state index is 0.0199. The van der Waals surface area contributed by atoms with Crippen LogP contribution in [-0.2, 0) is 6.18 Å². The SMILES string of the molecule is CCC(NC(=O)c1ccc(C(=O)O)c(C)n1)c1nc(C(F)(F)F)cs1. The Hall–Kier alpha value is -2.49. The van der Waals surface area contributed by atoms with Gasteiger partial charge in [-0.15, -0.1) is 11.3 Å². The number of nitrogens with one attached hydrogen (secondary N) is 1. The summed E-state index contributed by atoms with van der Waals surface area (Å²) in [6.07, 6.45) is -4.20. The topological polar surface area (TPSA) is 92.2 Å². The van der Waals surface area contributed by atoms with Crippen molar-refractivity contribution in [3.8, 4) is 0 Å². The summed E-state index contributed by atoms with van der Waals surface area (Å²) in [5, 5.41) is 12.6. The van der Waals surface area contributed by atoms with E-state index in [9.17, 15) is 22.8 Å². The molecule has 0 aliphatic heterocycles. The Labute approximate surface area is 144 Å². The van der Waals surface area contributed by atoms with Crippen molar-refractivity contribution in [1.29, 1.82) is 0 Å². The number of hydrogen-bond donors (Lipinski definition) is 2. The van der Waals surface area contributed by atoms with Crippen molar-refractivity contribution >= 4 is 23.2 Å². The fourth-order valence-corrected chi connectivity index (χ4v) is 3.02. The zero-order valence-corrected chi connectivity index (χ0v) is 14.0. The van der Waals surface area contributed by atoms with Crippen LogP contribution in [0.4, 0.5) is 13.2 Å². The molecule has 6 nitrogen and oxygen atoms in total. The molecule has 1 atom stereocenters. The summed E-state index contributed by atoms with van der Waals surface area (Å²) in [7, 11) is 0. The largest absolute Gasteiger partial charge is 0.478 e. The third-order valence-electron chi connectivity index (χ3n) is 3.37. The smallest absolute Gasteiger partial charge is 0.434 e. The van der Waals surface area contributed by atoms with E-state index in [0.29, 0.717) is 6.42 Å². The van der Waals surface area contributed by atoms with E-state index >= 15 is 0 Å². The first-order chi connectivity index (χ1) is 11.6. The van der Waals surface area contributed by atoms with Crippen LogP contribution < -0.4 is 5.32 Å². The number of pyridine rings is 1. The van der Waals surface area contributed by atoms with Crippen molar-refractivity contribution in [3.05, 3.63) is 45.2 Å². The summed E-state index contributed by atoms with van der Waals surface area (Å²) >= 11 is 0.812. The van der Waals surface area contributed by atoms with Gasteiger partial charge in [0.05, 0.1) is 17.3 Å². The second kappa shape index (κ2) is 7.18. The predicted octanol–water partition coefficient (Wildman–Crippen LogP) is 3.44. The molecule has 2 heterocycles. The van der Waals surface area contributed by atoms with Crippen LogP contribution in [0.2, 0.25) is 0 Å². The minimum atomic E-state index is -4.54. The van der Waals surface area contributed by atoms with Crippen LogP contribution in [0, 0.1) is 6.92 Å². The fraction of sp³-hybridized carbons (Fsp3) is 0.333. The molecule has 2 aromatic rings. The van der Waals surface area contributed by atoms with E-state index in [1.165, 1.54) is 19.1 Å². The van der Waals surface area contributed by atoms with Crippen LogP contribution >= 0.6 is 11.3 Å². The number of thiazole rings is 1. The minimum Gasteiger partial charge on any atom is -0.478 e. The lowest BCUT2D eigenvalue weighted by atomic mass is 10.1. The average molecular weight is 373 g/mol. The fourth-order valence-electron chi connectivity index (χ4n) is 2.06. The molecule has 134 valence electrons. The number of alkyl halides is 3. The molecule has 0 aliphatic carbocycles. The zero-order valence-electron chi connectivity index (χ0n) is 13.2. The number of aromatic carboxylic acids is 1. The number of halogens is 3. The summed E-state index contributed by atoms with van der Waals surface area (Å²) in [5.41, 5.74) is -0.881. The summed E-state index contributed by atoms with van der Waals surface area (Å²) in [5.74, 6) is -1.78. The Kier molecular flexibility index (Phi) is 5.41. The number of rotatable bonds is 5. The summed E-state index contributed by atoms with van der Waals surface area (Å²) in [6.45, 7) is 3.15. The second-order valence-corrected chi connectivity index (χ2v) is 6.03. The molecule has 2 N–H and O–H groups in total. The molecule has 0 bridgehead atoms. The van der Waals surface area contributed by atoms with Crippen LogP contribution in [0.1, 0.15) is 56.6 Å². The van der Waals surface area contributed by atoms with Crippen molar-refractivity contribution in [2.75, 3.05) is 0 Å². The number of carboxylic acid groups (broad SMARTS) is 1. The molecule has 10 heteroatoms. The van der Waals surface area contributed by atoms with E-state index in [1.54, 1.807) is 6.92 Å². The number of carboxylic acids is 1. The number of hydrogen-bond acceptors (Lipinski definition) is 5. The van der Waals surface area contributed by atoms with E-state index in [2.05, 4.69) is 15.3 Å². The van der Waals surface area contributed by atoms with Gasteiger partial charge in [0.25, 0.3) is 5.91 Å². The molecular formula is C15H14F3N3O3S. The van der Waals surface area contributed by atoms with Gasteiger partial charge >= 0.3 is 12.1 Å². The molecule has 0 spiro atoms. The van der Waals surface area contributed by atoms with Crippen LogP contribution in [0.25, 0.3) is 0 Å². The van der Waals surface area contributed by atoms with Gasteiger partial charge < -0.3 is 10.4 Å². The van der Waals surface area contributed by atoms with Gasteiger partial charge in [-0.2, -0.15) is 13.2 Å². The van der Waals surface area contributed by atoms with Crippen LogP contribution in [-0.4, -0.2) is 27.0 Å². The second-order valence-electron chi connectivity index (χ2n) is 5.14. The molecule has 0 saturated carbocycles. The quantitative estimate of drug-likeness (QED) is 0.838. The van der Waals surface area contributed by atoms with Crippen LogP contribution in [0.15, 0.2) is 17.5 Å². The van der Waals surface area contributed by atoms with Crippen LogP contribution in [0.3, 0.4) is 0 Å². The highest BCUT2D eigenvalue weighted by atomic mass is 32.1. The first kappa shape index (κ1) is 18.8. The van der Waals surface area contributed by atoms with Crippen molar-refractivity contribution in [2.45, 2.75) is 32.5 Å². The normalized spacial score (nSPS) is 12.7. The first-order valence-electron chi connectivity index (χ1n) is 7.18. The molecule has 0 radical (unpaired) electrons.